The number of pyridine rings is 1. The van der Waals surface area contributed by atoms with E-state index in [2.05, 4.69) is 15.2 Å². The Labute approximate surface area is 193 Å². The first-order valence-corrected chi connectivity index (χ1v) is 10.3. The van der Waals surface area contributed by atoms with Crippen molar-refractivity contribution in [2.45, 2.75) is 63.9 Å². The molecule has 35 heavy (non-hydrogen) atoms. The third-order valence-electron chi connectivity index (χ3n) is 5.69. The fourth-order valence-corrected chi connectivity index (χ4v) is 3.69. The molecular formula is C20H20F6N4O5. The fraction of sp³-hybridized carbons (Fsp3) is 0.550. The van der Waals surface area contributed by atoms with Gasteiger partial charge in [-0.15, -0.1) is 10.2 Å². The highest BCUT2D eigenvalue weighted by molar-refractivity contribution is 6.01. The van der Waals surface area contributed by atoms with Crippen LogP contribution in [0.1, 0.15) is 67.9 Å². The smallest absolute Gasteiger partial charge is 0.426 e. The van der Waals surface area contributed by atoms with Crippen LogP contribution in [0, 0.1) is 5.41 Å². The first-order valence-electron chi connectivity index (χ1n) is 10.3. The first kappa shape index (κ1) is 26.4. The van der Waals surface area contributed by atoms with E-state index in [0.29, 0.717) is 0 Å². The molecule has 1 atom stereocenters. The summed E-state index contributed by atoms with van der Waals surface area (Å²) in [5.41, 5.74) is -9.28. The van der Waals surface area contributed by atoms with Gasteiger partial charge in [-0.25, -0.2) is 9.78 Å². The number of carbonyl (C=O) groups excluding carboxylic acids is 1. The zero-order chi connectivity index (χ0) is 26.4. The van der Waals surface area contributed by atoms with Crippen LogP contribution < -0.4 is 5.32 Å². The number of halogens is 6. The molecule has 2 aromatic rings. The van der Waals surface area contributed by atoms with Crippen LogP contribution in [0.4, 0.5) is 36.8 Å². The average Bonchev–Trinajstić information content (AvgIpc) is 3.20. The highest BCUT2D eigenvalue weighted by atomic mass is 19.4. The molecule has 9 nitrogen and oxygen atoms in total. The summed E-state index contributed by atoms with van der Waals surface area (Å²) in [5, 5.41) is 27.7. The van der Waals surface area contributed by atoms with Crippen LogP contribution in [0.15, 0.2) is 10.5 Å². The molecule has 0 saturated heterocycles. The molecule has 0 aromatic carbocycles. The van der Waals surface area contributed by atoms with Gasteiger partial charge < -0.3 is 14.6 Å². The summed E-state index contributed by atoms with van der Waals surface area (Å²) in [6.45, 7) is 2.73. The van der Waals surface area contributed by atoms with Crippen LogP contribution in [0.25, 0.3) is 11.6 Å². The number of aromatic nitrogens is 3. The molecule has 3 N–H and O–H groups in total. The first-order chi connectivity index (χ1) is 16.0. The molecule has 15 heteroatoms. The number of rotatable bonds is 1. The highest BCUT2D eigenvalue weighted by Gasteiger charge is 2.58. The number of fused-ring (bicyclic) bond motifs is 5. The highest BCUT2D eigenvalue weighted by Crippen LogP contribution is 2.45. The number of hydrogen-bond donors (Lipinski definition) is 3. The van der Waals surface area contributed by atoms with Crippen molar-refractivity contribution < 1.29 is 50.6 Å². The summed E-state index contributed by atoms with van der Waals surface area (Å²) in [6.07, 6.45) is -13.0. The normalized spacial score (nSPS) is 21.3. The minimum atomic E-state index is -5.25. The molecular weight excluding hydrogens is 490 g/mol. The van der Waals surface area contributed by atoms with Gasteiger partial charge in [-0.05, 0) is 25.3 Å². The Kier molecular flexibility index (Phi) is 6.61. The van der Waals surface area contributed by atoms with Gasteiger partial charge in [0.1, 0.15) is 5.69 Å². The molecule has 1 amide bonds. The maximum Gasteiger partial charge on any atom is 0.426 e. The number of ketones is 1. The molecule has 4 bridgehead atoms. The predicted molar refractivity (Wildman–Crippen MR) is 105 cm³/mol. The SMILES string of the molecule is CC1(C)CCCCCC(O)(C(F)(F)F)c2nnc(o2)-c2nc(c(C(F)(F)F)cc2NC(=O)O)C1=O. The lowest BCUT2D eigenvalue weighted by molar-refractivity contribution is -0.277. The second kappa shape index (κ2) is 8.77. The van der Waals surface area contributed by atoms with Crippen LogP contribution in [0.5, 0.6) is 0 Å². The molecule has 3 rings (SSSR count). The zero-order valence-electron chi connectivity index (χ0n) is 18.3. The van der Waals surface area contributed by atoms with Crippen molar-refractivity contribution in [3.05, 3.63) is 23.2 Å². The second-order valence-electron chi connectivity index (χ2n) is 8.75. The fourth-order valence-electron chi connectivity index (χ4n) is 3.69. The van der Waals surface area contributed by atoms with Crippen LogP contribution in [-0.2, 0) is 11.8 Å². The Morgan fingerprint density at radius 1 is 1.06 bits per heavy atom. The standard InChI is InChI=1S/C20H20F6N4O5/c1-17(2)6-4-3-5-7-18(34,20(24,25)26)15-30-29-14(35-15)12-10(27-16(32)33)8-9(19(21,22)23)11(28-12)13(17)31/h8,27,34H,3-7H2,1-2H3,(H,32,33). The third-order valence-corrected chi connectivity index (χ3v) is 5.69. The number of carboxylic acid groups (broad SMARTS) is 1. The number of anilines is 1. The Morgan fingerprint density at radius 3 is 2.26 bits per heavy atom. The molecule has 1 aliphatic rings. The topological polar surface area (TPSA) is 138 Å². The van der Waals surface area contributed by atoms with E-state index < -0.39 is 76.1 Å². The van der Waals surface area contributed by atoms with Gasteiger partial charge in [0.05, 0.1) is 11.3 Å². The number of carbonyl (C=O) groups is 2. The molecule has 1 aliphatic heterocycles. The maximum absolute atomic E-state index is 13.8. The number of aliphatic hydroxyl groups is 1. The van der Waals surface area contributed by atoms with E-state index in [0.717, 1.165) is 0 Å². The molecule has 2 aromatic heterocycles. The van der Waals surface area contributed by atoms with E-state index in [4.69, 9.17) is 9.52 Å². The Morgan fingerprint density at radius 2 is 1.69 bits per heavy atom. The van der Waals surface area contributed by atoms with Crippen molar-refractivity contribution in [3.63, 3.8) is 0 Å². The van der Waals surface area contributed by atoms with Gasteiger partial charge in [0.2, 0.25) is 5.60 Å². The van der Waals surface area contributed by atoms with E-state index >= 15 is 0 Å². The van der Waals surface area contributed by atoms with Crippen molar-refractivity contribution in [2.24, 2.45) is 5.41 Å². The predicted octanol–water partition coefficient (Wildman–Crippen LogP) is 5.16. The van der Waals surface area contributed by atoms with Gasteiger partial charge >= 0.3 is 18.4 Å². The zero-order valence-corrected chi connectivity index (χ0v) is 18.3. The summed E-state index contributed by atoms with van der Waals surface area (Å²) < 4.78 is 87.7. The third kappa shape index (κ3) is 5.09. The van der Waals surface area contributed by atoms with Gasteiger partial charge in [0.25, 0.3) is 11.8 Å². The summed E-state index contributed by atoms with van der Waals surface area (Å²) in [6, 6.07) is 0.283. The Balaban J connectivity index is 2.35. The van der Waals surface area contributed by atoms with Crippen LogP contribution in [0.3, 0.4) is 0 Å². The molecule has 1 unspecified atom stereocenters. The average molecular weight is 510 g/mol. The molecule has 0 aliphatic carbocycles. The molecule has 0 radical (unpaired) electrons. The van der Waals surface area contributed by atoms with Crippen molar-refractivity contribution in [3.8, 4) is 11.6 Å². The van der Waals surface area contributed by atoms with Gasteiger partial charge in [-0.2, -0.15) is 26.3 Å². The van der Waals surface area contributed by atoms with Gasteiger partial charge in [0, 0.05) is 5.41 Å². The minimum absolute atomic E-state index is 0.0120. The Hall–Kier alpha value is -3.23. The number of amides is 1. The van der Waals surface area contributed by atoms with E-state index in [-0.39, 0.29) is 31.7 Å². The number of Topliss-reactive ketones (excluding diaryl/α,β-unsaturated/α-hetero) is 1. The van der Waals surface area contributed by atoms with Gasteiger partial charge in [0.15, 0.2) is 11.5 Å². The lowest BCUT2D eigenvalue weighted by atomic mass is 9.79. The molecule has 0 spiro atoms. The summed E-state index contributed by atoms with van der Waals surface area (Å²) in [4.78, 5) is 28.0. The molecule has 3 heterocycles. The number of alkyl halides is 6. The van der Waals surface area contributed by atoms with E-state index in [1.54, 1.807) is 5.32 Å². The monoisotopic (exact) mass is 510 g/mol. The van der Waals surface area contributed by atoms with Crippen LogP contribution in [-0.4, -0.2) is 43.4 Å². The summed E-state index contributed by atoms with van der Waals surface area (Å²) >= 11 is 0. The van der Waals surface area contributed by atoms with Crippen molar-refractivity contribution in [1.29, 1.82) is 0 Å². The second-order valence-corrected chi connectivity index (χ2v) is 8.75. The van der Waals surface area contributed by atoms with Crippen LogP contribution in [0.2, 0.25) is 0 Å². The minimum Gasteiger partial charge on any atom is -0.465 e. The van der Waals surface area contributed by atoms with Crippen molar-refractivity contribution in [2.75, 3.05) is 5.32 Å². The summed E-state index contributed by atoms with van der Waals surface area (Å²) in [7, 11) is 0. The van der Waals surface area contributed by atoms with E-state index in [9.17, 15) is 41.0 Å². The van der Waals surface area contributed by atoms with Crippen molar-refractivity contribution >= 4 is 17.6 Å². The largest absolute Gasteiger partial charge is 0.465 e. The van der Waals surface area contributed by atoms with Crippen molar-refractivity contribution in [1.82, 2.24) is 15.2 Å². The summed E-state index contributed by atoms with van der Waals surface area (Å²) in [5.74, 6) is -3.24. The molecule has 192 valence electrons. The Bertz CT molecular complexity index is 1140. The van der Waals surface area contributed by atoms with E-state index in [1.165, 1.54) is 13.8 Å². The van der Waals surface area contributed by atoms with Gasteiger partial charge in [-0.1, -0.05) is 26.7 Å². The van der Waals surface area contributed by atoms with E-state index in [1.807, 2.05) is 0 Å². The lowest BCUT2D eigenvalue weighted by Crippen LogP contribution is -2.42. The lowest BCUT2D eigenvalue weighted by Gasteiger charge is -2.28. The van der Waals surface area contributed by atoms with Crippen LogP contribution >= 0.6 is 0 Å². The molecule has 0 saturated carbocycles. The maximum atomic E-state index is 13.8. The quantitative estimate of drug-likeness (QED) is 0.447. The number of nitrogens with zero attached hydrogens (tertiary/aromatic N) is 3. The number of hydrogen-bond acceptors (Lipinski definition) is 7. The number of nitrogens with one attached hydrogen (secondary N) is 1. The van der Waals surface area contributed by atoms with Gasteiger partial charge in [-0.3, -0.25) is 10.1 Å². The molecule has 0 fully saturated rings.